The number of rotatable bonds is 6. The second-order valence-electron chi connectivity index (χ2n) is 9.43. The van der Waals surface area contributed by atoms with Gasteiger partial charge in [-0.15, -0.1) is 0 Å². The number of amides is 1. The van der Waals surface area contributed by atoms with Crippen molar-refractivity contribution in [1.29, 1.82) is 0 Å². The molecule has 0 saturated carbocycles. The molecule has 168 valence electrons. The lowest BCUT2D eigenvalue weighted by Gasteiger charge is -2.37. The second kappa shape index (κ2) is 9.81. The third-order valence-corrected chi connectivity index (χ3v) is 6.30. The van der Waals surface area contributed by atoms with E-state index in [0.717, 1.165) is 57.8 Å². The van der Waals surface area contributed by atoms with Crippen LogP contribution in [-0.2, 0) is 11.2 Å². The van der Waals surface area contributed by atoms with Crippen LogP contribution in [0.15, 0.2) is 28.8 Å². The first-order valence-corrected chi connectivity index (χ1v) is 11.6. The van der Waals surface area contributed by atoms with Gasteiger partial charge in [0.25, 0.3) is 0 Å². The number of carbonyl (C=O) groups excluding carboxylic acids is 1. The smallest absolute Gasteiger partial charge is 0.236 e. The number of hydrogen-bond donors (Lipinski definition) is 0. The fourth-order valence-electron chi connectivity index (χ4n) is 4.57. The Morgan fingerprint density at radius 2 is 2.00 bits per heavy atom. The molecule has 2 aliphatic rings. The van der Waals surface area contributed by atoms with Crippen molar-refractivity contribution < 1.29 is 9.32 Å². The van der Waals surface area contributed by atoms with Crippen LogP contribution in [-0.4, -0.2) is 71.7 Å². The lowest BCUT2D eigenvalue weighted by Crippen LogP contribution is -2.51. The van der Waals surface area contributed by atoms with Crippen LogP contribution in [0.3, 0.4) is 0 Å². The molecule has 1 unspecified atom stereocenters. The minimum atomic E-state index is 0.157. The molecule has 0 aliphatic carbocycles. The number of hydrogen-bond acceptors (Lipinski definition) is 6. The summed E-state index contributed by atoms with van der Waals surface area (Å²) in [5.41, 5.74) is 2.56. The van der Waals surface area contributed by atoms with E-state index in [1.165, 1.54) is 11.3 Å². The molecule has 0 N–H and O–H groups in total. The summed E-state index contributed by atoms with van der Waals surface area (Å²) in [5.74, 6) is 2.35. The van der Waals surface area contributed by atoms with Crippen LogP contribution in [0.25, 0.3) is 0 Å². The quantitative estimate of drug-likeness (QED) is 0.709. The van der Waals surface area contributed by atoms with Gasteiger partial charge in [0.1, 0.15) is 0 Å². The predicted molar refractivity (Wildman–Crippen MR) is 121 cm³/mol. The van der Waals surface area contributed by atoms with Crippen LogP contribution < -0.4 is 4.90 Å². The van der Waals surface area contributed by atoms with Gasteiger partial charge in [0.15, 0.2) is 5.82 Å². The van der Waals surface area contributed by atoms with Crippen molar-refractivity contribution >= 4 is 11.6 Å². The van der Waals surface area contributed by atoms with E-state index in [1.807, 2.05) is 4.90 Å². The molecule has 3 heterocycles. The molecule has 2 fully saturated rings. The van der Waals surface area contributed by atoms with Crippen LogP contribution in [0.1, 0.15) is 49.9 Å². The number of anilines is 1. The van der Waals surface area contributed by atoms with Crippen molar-refractivity contribution in [3.05, 3.63) is 41.5 Å². The maximum atomic E-state index is 13.0. The highest BCUT2D eigenvalue weighted by atomic mass is 16.5. The Balaban J connectivity index is 1.27. The van der Waals surface area contributed by atoms with Crippen LogP contribution in [0, 0.1) is 12.8 Å². The number of piperazine rings is 1. The summed E-state index contributed by atoms with van der Waals surface area (Å²) in [6.07, 6.45) is 2.81. The molecule has 7 heteroatoms. The maximum Gasteiger partial charge on any atom is 0.236 e. The van der Waals surface area contributed by atoms with Crippen LogP contribution in [0.5, 0.6) is 0 Å². The van der Waals surface area contributed by atoms with E-state index < -0.39 is 0 Å². The van der Waals surface area contributed by atoms with Crippen molar-refractivity contribution in [3.8, 4) is 0 Å². The molecule has 1 aromatic carbocycles. The highest BCUT2D eigenvalue weighted by Crippen LogP contribution is 2.26. The SMILES string of the molecule is Cc1cccc(N2CCN(CC(=O)N3CCCC(c4nc(CC(C)C)no4)C3)CC2)c1. The zero-order valence-electron chi connectivity index (χ0n) is 19.1. The zero-order valence-corrected chi connectivity index (χ0v) is 19.1. The number of aryl methyl sites for hydroxylation is 1. The van der Waals surface area contributed by atoms with E-state index in [9.17, 15) is 4.79 Å². The number of likely N-dealkylation sites (tertiary alicyclic amines) is 1. The van der Waals surface area contributed by atoms with E-state index in [0.29, 0.717) is 24.9 Å². The van der Waals surface area contributed by atoms with Crippen LogP contribution >= 0.6 is 0 Å². The molecule has 0 bridgehead atoms. The van der Waals surface area contributed by atoms with Gasteiger partial charge in [0.2, 0.25) is 11.8 Å². The van der Waals surface area contributed by atoms with E-state index in [4.69, 9.17) is 4.52 Å². The van der Waals surface area contributed by atoms with Gasteiger partial charge in [-0.3, -0.25) is 9.69 Å². The first kappa shape index (κ1) is 21.8. The highest BCUT2D eigenvalue weighted by Gasteiger charge is 2.30. The van der Waals surface area contributed by atoms with E-state index in [-0.39, 0.29) is 11.8 Å². The molecule has 1 amide bonds. The van der Waals surface area contributed by atoms with Gasteiger partial charge in [0.05, 0.1) is 12.5 Å². The largest absolute Gasteiger partial charge is 0.369 e. The summed E-state index contributed by atoms with van der Waals surface area (Å²) in [5, 5.41) is 4.13. The Morgan fingerprint density at radius 1 is 1.19 bits per heavy atom. The van der Waals surface area contributed by atoms with Crippen molar-refractivity contribution in [2.24, 2.45) is 5.92 Å². The third-order valence-electron chi connectivity index (χ3n) is 6.30. The van der Waals surface area contributed by atoms with Gasteiger partial charge in [0, 0.05) is 51.4 Å². The average molecular weight is 426 g/mol. The third kappa shape index (κ3) is 5.64. The molecule has 2 aliphatic heterocycles. The summed E-state index contributed by atoms with van der Waals surface area (Å²) in [7, 11) is 0. The molecule has 0 radical (unpaired) electrons. The fraction of sp³-hybridized carbons (Fsp3) is 0.625. The summed E-state index contributed by atoms with van der Waals surface area (Å²) in [4.78, 5) is 24.3. The van der Waals surface area contributed by atoms with Gasteiger partial charge >= 0.3 is 0 Å². The number of piperidine rings is 1. The van der Waals surface area contributed by atoms with E-state index in [1.54, 1.807) is 0 Å². The van der Waals surface area contributed by atoms with Crippen molar-refractivity contribution in [2.75, 3.05) is 50.7 Å². The summed E-state index contributed by atoms with van der Waals surface area (Å²) >= 11 is 0. The van der Waals surface area contributed by atoms with Crippen molar-refractivity contribution in [3.63, 3.8) is 0 Å². The Bertz CT molecular complexity index is 872. The minimum Gasteiger partial charge on any atom is -0.369 e. The monoisotopic (exact) mass is 425 g/mol. The molecular formula is C24H35N5O2. The van der Waals surface area contributed by atoms with Crippen molar-refractivity contribution in [1.82, 2.24) is 19.9 Å². The molecule has 4 rings (SSSR count). The van der Waals surface area contributed by atoms with Gasteiger partial charge in [-0.1, -0.05) is 31.1 Å². The Morgan fingerprint density at radius 3 is 2.74 bits per heavy atom. The summed E-state index contributed by atoms with van der Waals surface area (Å²) < 4.78 is 5.53. The lowest BCUT2D eigenvalue weighted by atomic mass is 9.98. The number of aromatic nitrogens is 2. The maximum absolute atomic E-state index is 13.0. The summed E-state index contributed by atoms with van der Waals surface area (Å²) in [6, 6.07) is 8.65. The van der Waals surface area contributed by atoms with E-state index in [2.05, 4.69) is 65.0 Å². The minimum absolute atomic E-state index is 0.157. The fourth-order valence-corrected chi connectivity index (χ4v) is 4.57. The lowest BCUT2D eigenvalue weighted by molar-refractivity contribution is -0.133. The zero-order chi connectivity index (χ0) is 21.8. The van der Waals surface area contributed by atoms with Gasteiger partial charge in [-0.25, -0.2) is 0 Å². The number of carbonyl (C=O) groups is 1. The molecule has 1 atom stereocenters. The molecular weight excluding hydrogens is 390 g/mol. The molecule has 2 aromatic rings. The number of benzene rings is 1. The number of nitrogens with zero attached hydrogens (tertiary/aromatic N) is 5. The topological polar surface area (TPSA) is 65.7 Å². The first-order chi connectivity index (χ1) is 15.0. The highest BCUT2D eigenvalue weighted by molar-refractivity contribution is 5.78. The molecule has 7 nitrogen and oxygen atoms in total. The second-order valence-corrected chi connectivity index (χ2v) is 9.43. The van der Waals surface area contributed by atoms with Gasteiger partial charge in [-0.2, -0.15) is 4.98 Å². The standard InChI is InChI=1S/C24H35N5O2/c1-18(2)14-22-25-24(31-26-22)20-7-5-9-29(16-20)23(30)17-27-10-12-28(13-11-27)21-8-4-6-19(3)15-21/h4,6,8,15,18,20H,5,7,9-14,16-17H2,1-3H3. The molecule has 2 saturated heterocycles. The Hall–Kier alpha value is -2.41. The summed E-state index contributed by atoms with van der Waals surface area (Å²) in [6.45, 7) is 12.2. The molecule has 1 aromatic heterocycles. The molecule has 31 heavy (non-hydrogen) atoms. The average Bonchev–Trinajstić information content (AvgIpc) is 3.22. The first-order valence-electron chi connectivity index (χ1n) is 11.6. The molecule has 0 spiro atoms. The predicted octanol–water partition coefficient (Wildman–Crippen LogP) is 3.10. The van der Waals surface area contributed by atoms with Gasteiger partial charge < -0.3 is 14.3 Å². The normalized spacial score (nSPS) is 20.5. The Kier molecular flexibility index (Phi) is 6.90. The van der Waals surface area contributed by atoms with E-state index >= 15 is 0 Å². The van der Waals surface area contributed by atoms with Crippen LogP contribution in [0.4, 0.5) is 5.69 Å². The Labute approximate surface area is 185 Å². The van der Waals surface area contributed by atoms with Crippen LogP contribution in [0.2, 0.25) is 0 Å². The van der Waals surface area contributed by atoms with Crippen molar-refractivity contribution in [2.45, 2.75) is 46.0 Å². The van der Waals surface area contributed by atoms with Gasteiger partial charge in [-0.05, 0) is 43.4 Å².